The van der Waals surface area contributed by atoms with Crippen molar-refractivity contribution in [1.29, 1.82) is 0 Å². The van der Waals surface area contributed by atoms with Gasteiger partial charge in [0.05, 0.1) is 0 Å². The van der Waals surface area contributed by atoms with E-state index in [-0.39, 0.29) is 16.8 Å². The molecule has 2 aromatic rings. The van der Waals surface area contributed by atoms with Crippen molar-refractivity contribution in [2.24, 2.45) is 0 Å². The first-order chi connectivity index (χ1) is 9.04. The van der Waals surface area contributed by atoms with E-state index in [1.165, 1.54) is 18.7 Å². The van der Waals surface area contributed by atoms with Gasteiger partial charge in [-0.2, -0.15) is 4.98 Å². The highest BCUT2D eigenvalue weighted by Gasteiger charge is 2.11. The Hall–Kier alpha value is -2.28. The largest absolute Gasteiger partial charge is 0.476 e. The van der Waals surface area contributed by atoms with E-state index in [4.69, 9.17) is 9.52 Å². The number of carbonyl (C=O) groups excluding carboxylic acids is 1. The maximum atomic E-state index is 10.9. The number of anilines is 1. The van der Waals surface area contributed by atoms with Gasteiger partial charge in [0.1, 0.15) is 6.26 Å². The second kappa shape index (κ2) is 5.57. The lowest BCUT2D eigenvalue weighted by Crippen LogP contribution is -2.05. The molecular weight excluding hydrogens is 268 g/mol. The zero-order chi connectivity index (χ0) is 13.8. The van der Waals surface area contributed by atoms with E-state index in [0.29, 0.717) is 5.69 Å². The Bertz CT molecular complexity index is 606. The van der Waals surface area contributed by atoms with Crippen LogP contribution in [0, 0.1) is 0 Å². The summed E-state index contributed by atoms with van der Waals surface area (Å²) in [5.41, 5.74) is 0.563. The zero-order valence-corrected chi connectivity index (χ0v) is 10.7. The summed E-state index contributed by atoms with van der Waals surface area (Å²) in [6, 6.07) is 7.04. The molecule has 2 rings (SSSR count). The lowest BCUT2D eigenvalue weighted by molar-refractivity contribution is -0.114. The standard InChI is InChI=1S/C12H10N2O4S/c1-7(15)13-8-2-4-9(5-3-8)19-12-14-10(6-18-12)11(16)17/h2-6H,1H3,(H,13,15)(H,16,17). The van der Waals surface area contributed by atoms with Crippen molar-refractivity contribution in [3.63, 3.8) is 0 Å². The van der Waals surface area contributed by atoms with Crippen LogP contribution in [0.2, 0.25) is 0 Å². The molecule has 0 aliphatic rings. The summed E-state index contributed by atoms with van der Waals surface area (Å²) in [7, 11) is 0. The van der Waals surface area contributed by atoms with Crippen molar-refractivity contribution in [2.45, 2.75) is 17.0 Å². The van der Waals surface area contributed by atoms with Gasteiger partial charge in [0, 0.05) is 17.5 Å². The fourth-order valence-electron chi connectivity index (χ4n) is 1.31. The van der Waals surface area contributed by atoms with E-state index in [9.17, 15) is 9.59 Å². The van der Waals surface area contributed by atoms with Crippen molar-refractivity contribution in [3.8, 4) is 0 Å². The van der Waals surface area contributed by atoms with Crippen LogP contribution in [0.15, 0.2) is 45.1 Å². The van der Waals surface area contributed by atoms with E-state index in [0.717, 1.165) is 11.2 Å². The Kier molecular flexibility index (Phi) is 3.86. The van der Waals surface area contributed by atoms with Crippen molar-refractivity contribution in [2.75, 3.05) is 5.32 Å². The SMILES string of the molecule is CC(=O)Nc1ccc(Sc2nc(C(=O)O)co2)cc1. The summed E-state index contributed by atoms with van der Waals surface area (Å²) >= 11 is 1.20. The molecule has 6 nitrogen and oxygen atoms in total. The highest BCUT2D eigenvalue weighted by molar-refractivity contribution is 7.99. The molecule has 1 heterocycles. The molecule has 7 heteroatoms. The van der Waals surface area contributed by atoms with Gasteiger partial charge in [-0.05, 0) is 36.0 Å². The van der Waals surface area contributed by atoms with Crippen LogP contribution in [-0.4, -0.2) is 22.0 Å². The lowest BCUT2D eigenvalue weighted by Gasteiger charge is -2.02. The molecule has 0 atom stereocenters. The molecular formula is C12H10N2O4S. The first kappa shape index (κ1) is 13.2. The van der Waals surface area contributed by atoms with Gasteiger partial charge in [-0.15, -0.1) is 0 Å². The second-order valence-corrected chi connectivity index (χ2v) is 4.64. The van der Waals surface area contributed by atoms with Gasteiger partial charge in [-0.25, -0.2) is 4.79 Å². The monoisotopic (exact) mass is 278 g/mol. The lowest BCUT2D eigenvalue weighted by atomic mass is 10.3. The van der Waals surface area contributed by atoms with Crippen LogP contribution in [0.5, 0.6) is 0 Å². The Balaban J connectivity index is 2.06. The minimum atomic E-state index is -1.13. The summed E-state index contributed by atoms with van der Waals surface area (Å²) < 4.78 is 5.03. The number of carboxylic acid groups (broad SMARTS) is 1. The predicted octanol–water partition coefficient (Wildman–Crippen LogP) is 2.48. The molecule has 0 fully saturated rings. The van der Waals surface area contributed by atoms with Crippen LogP contribution >= 0.6 is 11.8 Å². The Morgan fingerprint density at radius 2 is 2.00 bits per heavy atom. The first-order valence-corrected chi connectivity index (χ1v) is 6.10. The molecule has 0 spiro atoms. The number of hydrogen-bond acceptors (Lipinski definition) is 5. The molecule has 2 N–H and O–H groups in total. The first-order valence-electron chi connectivity index (χ1n) is 5.29. The van der Waals surface area contributed by atoms with Gasteiger partial charge < -0.3 is 14.8 Å². The number of amides is 1. The summed E-state index contributed by atoms with van der Waals surface area (Å²) in [6.45, 7) is 1.43. The Morgan fingerprint density at radius 1 is 1.32 bits per heavy atom. The molecule has 0 bridgehead atoms. The van der Waals surface area contributed by atoms with Gasteiger partial charge in [-0.1, -0.05) is 0 Å². The maximum absolute atomic E-state index is 10.9. The smallest absolute Gasteiger partial charge is 0.357 e. The maximum Gasteiger partial charge on any atom is 0.357 e. The number of nitrogens with one attached hydrogen (secondary N) is 1. The second-order valence-electron chi connectivity index (χ2n) is 3.61. The minimum absolute atomic E-state index is 0.127. The molecule has 1 aromatic heterocycles. The van der Waals surface area contributed by atoms with Crippen LogP contribution in [-0.2, 0) is 4.79 Å². The number of nitrogens with zero attached hydrogens (tertiary/aromatic N) is 1. The fourth-order valence-corrected chi connectivity index (χ4v) is 2.03. The predicted molar refractivity (Wildman–Crippen MR) is 68.3 cm³/mol. The van der Waals surface area contributed by atoms with E-state index in [1.807, 2.05) is 0 Å². The fraction of sp³-hybridized carbons (Fsp3) is 0.0833. The van der Waals surface area contributed by atoms with Crippen molar-refractivity contribution < 1.29 is 19.1 Å². The number of carboxylic acids is 1. The molecule has 0 aliphatic heterocycles. The van der Waals surface area contributed by atoms with Gasteiger partial charge in [0.2, 0.25) is 5.91 Å². The molecule has 98 valence electrons. The topological polar surface area (TPSA) is 92.4 Å². The van der Waals surface area contributed by atoms with Gasteiger partial charge in [0.15, 0.2) is 5.69 Å². The summed E-state index contributed by atoms with van der Waals surface area (Å²) in [4.78, 5) is 26.1. The third kappa shape index (κ3) is 3.59. The highest BCUT2D eigenvalue weighted by atomic mass is 32.2. The van der Waals surface area contributed by atoms with Crippen LogP contribution < -0.4 is 5.32 Å². The van der Waals surface area contributed by atoms with E-state index < -0.39 is 5.97 Å². The van der Waals surface area contributed by atoms with Crippen LogP contribution in [0.4, 0.5) is 5.69 Å². The van der Waals surface area contributed by atoms with Crippen LogP contribution in [0.1, 0.15) is 17.4 Å². The number of aromatic carboxylic acids is 1. The molecule has 0 saturated carbocycles. The van der Waals surface area contributed by atoms with Crippen molar-refractivity contribution in [1.82, 2.24) is 4.98 Å². The molecule has 1 amide bonds. The number of rotatable bonds is 4. The normalized spacial score (nSPS) is 10.2. The molecule has 0 saturated heterocycles. The van der Waals surface area contributed by atoms with Gasteiger partial charge in [-0.3, -0.25) is 4.79 Å². The average Bonchev–Trinajstić information content (AvgIpc) is 2.80. The molecule has 0 aliphatic carbocycles. The molecule has 0 radical (unpaired) electrons. The number of oxazole rings is 1. The molecule has 0 unspecified atom stereocenters. The quantitative estimate of drug-likeness (QED) is 0.892. The number of carbonyl (C=O) groups is 2. The van der Waals surface area contributed by atoms with Crippen LogP contribution in [0.3, 0.4) is 0 Å². The molecule has 1 aromatic carbocycles. The minimum Gasteiger partial charge on any atom is -0.476 e. The van der Waals surface area contributed by atoms with Crippen molar-refractivity contribution in [3.05, 3.63) is 36.2 Å². The Labute approximate surface area is 112 Å². The number of benzene rings is 1. The van der Waals surface area contributed by atoms with Gasteiger partial charge in [0.25, 0.3) is 5.22 Å². The van der Waals surface area contributed by atoms with Crippen LogP contribution in [0.25, 0.3) is 0 Å². The number of hydrogen-bond donors (Lipinski definition) is 2. The van der Waals surface area contributed by atoms with E-state index in [2.05, 4.69) is 10.3 Å². The van der Waals surface area contributed by atoms with E-state index >= 15 is 0 Å². The van der Waals surface area contributed by atoms with Crippen molar-refractivity contribution >= 4 is 29.3 Å². The average molecular weight is 278 g/mol. The summed E-state index contributed by atoms with van der Waals surface area (Å²) in [6.07, 6.45) is 1.09. The third-order valence-corrected chi connectivity index (χ3v) is 2.95. The Morgan fingerprint density at radius 3 is 2.53 bits per heavy atom. The summed E-state index contributed by atoms with van der Waals surface area (Å²) in [5.74, 6) is -1.27. The summed E-state index contributed by atoms with van der Waals surface area (Å²) in [5, 5.41) is 11.6. The zero-order valence-electron chi connectivity index (χ0n) is 9.91. The highest BCUT2D eigenvalue weighted by Crippen LogP contribution is 2.27. The van der Waals surface area contributed by atoms with E-state index in [1.54, 1.807) is 24.3 Å². The third-order valence-electron chi connectivity index (χ3n) is 2.08. The molecule has 19 heavy (non-hydrogen) atoms. The van der Waals surface area contributed by atoms with Gasteiger partial charge >= 0.3 is 5.97 Å². The number of aromatic nitrogens is 1.